The Hall–Kier alpha value is -1.84. The predicted octanol–water partition coefficient (Wildman–Crippen LogP) is 2.49. The molecule has 0 spiro atoms. The molecule has 4 heteroatoms. The van der Waals surface area contributed by atoms with Gasteiger partial charge < -0.3 is 10.0 Å². The molecular weight excluding hydrogens is 216 g/mol. The molecule has 0 saturated carbocycles. The second-order valence-electron chi connectivity index (χ2n) is 4.20. The number of hydrogen-bond donors (Lipinski definition) is 1. The van der Waals surface area contributed by atoms with E-state index in [0.717, 1.165) is 0 Å². The van der Waals surface area contributed by atoms with E-state index >= 15 is 0 Å². The van der Waals surface area contributed by atoms with Gasteiger partial charge in [-0.3, -0.25) is 0 Å². The topological polar surface area (TPSA) is 53.4 Å². The first-order valence-corrected chi connectivity index (χ1v) is 5.55. The van der Waals surface area contributed by atoms with Gasteiger partial charge in [-0.2, -0.15) is 0 Å². The minimum Gasteiger partial charge on any atom is -0.478 e. The van der Waals surface area contributed by atoms with Crippen LogP contribution in [0.15, 0.2) is 24.8 Å². The van der Waals surface area contributed by atoms with Gasteiger partial charge in [0.2, 0.25) is 0 Å². The quantitative estimate of drug-likeness (QED) is 0.795. The molecule has 0 amide bonds. The number of hydrogen-bond acceptors (Lipinski definition) is 3. The van der Waals surface area contributed by atoms with Crippen molar-refractivity contribution in [2.75, 3.05) is 11.4 Å². The summed E-state index contributed by atoms with van der Waals surface area (Å²) in [7, 11) is 0. The number of aromatic nitrogens is 1. The van der Waals surface area contributed by atoms with Gasteiger partial charge in [0.05, 0.1) is 5.56 Å². The van der Waals surface area contributed by atoms with E-state index in [1.165, 1.54) is 0 Å². The first kappa shape index (κ1) is 13.2. The summed E-state index contributed by atoms with van der Waals surface area (Å²) >= 11 is 0. The molecule has 1 N–H and O–H groups in total. The van der Waals surface area contributed by atoms with Gasteiger partial charge in [-0.1, -0.05) is 6.08 Å². The Labute approximate surface area is 102 Å². The Morgan fingerprint density at radius 2 is 2.24 bits per heavy atom. The van der Waals surface area contributed by atoms with Gasteiger partial charge in [-0.25, -0.2) is 9.78 Å². The zero-order valence-corrected chi connectivity index (χ0v) is 10.5. The maximum Gasteiger partial charge on any atom is 0.335 e. The third-order valence-corrected chi connectivity index (χ3v) is 2.43. The summed E-state index contributed by atoms with van der Waals surface area (Å²) in [4.78, 5) is 17.4. The molecule has 0 atom stereocenters. The van der Waals surface area contributed by atoms with Crippen LogP contribution >= 0.6 is 0 Å². The fourth-order valence-electron chi connectivity index (χ4n) is 1.63. The zero-order valence-electron chi connectivity index (χ0n) is 10.5. The molecule has 92 valence electrons. The third-order valence-electron chi connectivity index (χ3n) is 2.43. The summed E-state index contributed by atoms with van der Waals surface area (Å²) in [5.41, 5.74) is 0.969. The fourth-order valence-corrected chi connectivity index (χ4v) is 1.63. The van der Waals surface area contributed by atoms with Crippen LogP contribution in [0, 0.1) is 6.92 Å². The van der Waals surface area contributed by atoms with E-state index < -0.39 is 5.97 Å². The lowest BCUT2D eigenvalue weighted by molar-refractivity contribution is 0.0696. The minimum absolute atomic E-state index is 0.240. The smallest absolute Gasteiger partial charge is 0.335 e. The minimum atomic E-state index is -0.931. The van der Waals surface area contributed by atoms with Crippen molar-refractivity contribution in [3.8, 4) is 0 Å². The number of aromatic carboxylic acids is 1. The molecule has 0 saturated heterocycles. The van der Waals surface area contributed by atoms with E-state index in [1.54, 1.807) is 25.1 Å². The van der Waals surface area contributed by atoms with Crippen LogP contribution in [0.5, 0.6) is 0 Å². The first-order chi connectivity index (χ1) is 7.95. The van der Waals surface area contributed by atoms with Crippen LogP contribution in [0.3, 0.4) is 0 Å². The van der Waals surface area contributed by atoms with Crippen LogP contribution in [0.2, 0.25) is 0 Å². The molecule has 0 aliphatic heterocycles. The molecule has 1 aromatic rings. The Kier molecular flexibility index (Phi) is 4.26. The molecule has 1 rings (SSSR count). The number of carboxylic acid groups (broad SMARTS) is 1. The van der Waals surface area contributed by atoms with Gasteiger partial charge in [-0.15, -0.1) is 6.58 Å². The zero-order chi connectivity index (χ0) is 13.0. The lowest BCUT2D eigenvalue weighted by Crippen LogP contribution is -2.31. The third kappa shape index (κ3) is 3.31. The molecule has 1 aromatic heterocycles. The highest BCUT2D eigenvalue weighted by Crippen LogP contribution is 2.17. The van der Waals surface area contributed by atoms with E-state index in [1.807, 2.05) is 18.7 Å². The molecule has 0 aliphatic rings. The maximum absolute atomic E-state index is 11.0. The summed E-state index contributed by atoms with van der Waals surface area (Å²) in [6, 6.07) is 3.40. The molecule has 0 aromatic carbocycles. The van der Waals surface area contributed by atoms with Crippen molar-refractivity contribution in [2.45, 2.75) is 26.8 Å². The molecule has 0 radical (unpaired) electrons. The highest BCUT2D eigenvalue weighted by Gasteiger charge is 2.13. The standard InChI is InChI=1S/C13H18N2O2/c1-5-6-15(9(2)3)12-8-11(13(16)17)7-10(4)14-12/h5,7-9H,1,6H2,2-4H3,(H,16,17). The number of nitrogens with zero attached hydrogens (tertiary/aromatic N) is 2. The van der Waals surface area contributed by atoms with Crippen molar-refractivity contribution < 1.29 is 9.90 Å². The number of anilines is 1. The number of rotatable bonds is 5. The van der Waals surface area contributed by atoms with E-state index in [4.69, 9.17) is 5.11 Å². The molecular formula is C13H18N2O2. The van der Waals surface area contributed by atoms with Crippen LogP contribution < -0.4 is 4.90 Å². The van der Waals surface area contributed by atoms with Crippen LogP contribution in [0.4, 0.5) is 5.82 Å². The summed E-state index contributed by atoms with van der Waals surface area (Å²) in [5, 5.41) is 9.02. The van der Waals surface area contributed by atoms with Crippen molar-refractivity contribution in [1.29, 1.82) is 0 Å². The molecule has 0 unspecified atom stereocenters. The Bertz CT molecular complexity index is 427. The lowest BCUT2D eigenvalue weighted by atomic mass is 10.2. The number of carboxylic acids is 1. The first-order valence-electron chi connectivity index (χ1n) is 5.55. The number of aryl methyl sites for hydroxylation is 1. The average molecular weight is 234 g/mol. The molecule has 17 heavy (non-hydrogen) atoms. The van der Waals surface area contributed by atoms with Crippen LogP contribution in [0.25, 0.3) is 0 Å². The molecule has 0 fully saturated rings. The summed E-state index contributed by atoms with van der Waals surface area (Å²) < 4.78 is 0. The second kappa shape index (κ2) is 5.48. The number of carbonyl (C=O) groups is 1. The SMILES string of the molecule is C=CCN(c1cc(C(=O)O)cc(C)n1)C(C)C. The van der Waals surface area contributed by atoms with Crippen molar-refractivity contribution >= 4 is 11.8 Å². The average Bonchev–Trinajstić information content (AvgIpc) is 2.24. The Balaban J connectivity index is 3.18. The van der Waals surface area contributed by atoms with E-state index in [-0.39, 0.29) is 11.6 Å². The van der Waals surface area contributed by atoms with Gasteiger partial charge in [0.25, 0.3) is 0 Å². The highest BCUT2D eigenvalue weighted by molar-refractivity contribution is 5.88. The normalized spacial score (nSPS) is 10.4. The van der Waals surface area contributed by atoms with Crippen molar-refractivity contribution in [3.63, 3.8) is 0 Å². The van der Waals surface area contributed by atoms with Gasteiger partial charge in [0, 0.05) is 18.3 Å². The van der Waals surface area contributed by atoms with E-state index in [2.05, 4.69) is 11.6 Å². The van der Waals surface area contributed by atoms with E-state index in [0.29, 0.717) is 18.1 Å². The monoisotopic (exact) mass is 234 g/mol. The lowest BCUT2D eigenvalue weighted by Gasteiger charge is -2.27. The van der Waals surface area contributed by atoms with Crippen molar-refractivity contribution in [2.24, 2.45) is 0 Å². The fraction of sp³-hybridized carbons (Fsp3) is 0.385. The molecule has 1 heterocycles. The largest absolute Gasteiger partial charge is 0.478 e. The molecule has 0 aliphatic carbocycles. The second-order valence-corrected chi connectivity index (χ2v) is 4.20. The van der Waals surface area contributed by atoms with Gasteiger partial charge >= 0.3 is 5.97 Å². The van der Waals surface area contributed by atoms with Crippen LogP contribution in [-0.2, 0) is 0 Å². The maximum atomic E-state index is 11.0. The van der Waals surface area contributed by atoms with Gasteiger partial charge in [-0.05, 0) is 32.9 Å². The summed E-state index contributed by atoms with van der Waals surface area (Å²) in [6.45, 7) is 10.2. The highest BCUT2D eigenvalue weighted by atomic mass is 16.4. The summed E-state index contributed by atoms with van der Waals surface area (Å²) in [6.07, 6.45) is 1.78. The molecule has 0 bridgehead atoms. The van der Waals surface area contributed by atoms with Gasteiger partial charge in [0.15, 0.2) is 0 Å². The Morgan fingerprint density at radius 1 is 1.59 bits per heavy atom. The number of pyridine rings is 1. The summed E-state index contributed by atoms with van der Waals surface area (Å²) in [5.74, 6) is -0.253. The molecule has 4 nitrogen and oxygen atoms in total. The van der Waals surface area contributed by atoms with Crippen molar-refractivity contribution in [1.82, 2.24) is 4.98 Å². The van der Waals surface area contributed by atoms with E-state index in [9.17, 15) is 4.79 Å². The predicted molar refractivity (Wildman–Crippen MR) is 68.6 cm³/mol. The Morgan fingerprint density at radius 3 is 2.71 bits per heavy atom. The van der Waals surface area contributed by atoms with Crippen molar-refractivity contribution in [3.05, 3.63) is 36.0 Å². The van der Waals surface area contributed by atoms with Crippen LogP contribution in [-0.4, -0.2) is 28.6 Å². The van der Waals surface area contributed by atoms with Crippen LogP contribution in [0.1, 0.15) is 29.9 Å². The van der Waals surface area contributed by atoms with Gasteiger partial charge in [0.1, 0.15) is 5.82 Å².